The van der Waals surface area contributed by atoms with E-state index < -0.39 is 5.51 Å². The monoisotopic (exact) mass is 333 g/mol. The fraction of sp³-hybridized carbons (Fsp3) is 0.533. The van der Waals surface area contributed by atoms with E-state index in [1.807, 2.05) is 4.90 Å². The van der Waals surface area contributed by atoms with Crippen molar-refractivity contribution in [2.24, 2.45) is 5.92 Å². The Morgan fingerprint density at radius 2 is 2.05 bits per heavy atom. The maximum Gasteiger partial charge on any atom is 0.446 e. The standard InChI is InChI=1S/C15H18F3NO2S/c1-2-21-14(20)11-6-8-19(9-7-11)12-4-3-5-13(10-12)22-15(16,17)18/h3-5,10-11H,2,6-9H2,1H3. The third-order valence-electron chi connectivity index (χ3n) is 3.53. The second-order valence-corrected chi connectivity index (χ2v) is 6.20. The summed E-state index contributed by atoms with van der Waals surface area (Å²) in [6, 6.07) is 6.42. The Bertz CT molecular complexity index is 514. The maximum atomic E-state index is 12.4. The minimum Gasteiger partial charge on any atom is -0.466 e. The fourth-order valence-corrected chi connectivity index (χ4v) is 3.10. The highest BCUT2D eigenvalue weighted by Crippen LogP contribution is 2.38. The summed E-state index contributed by atoms with van der Waals surface area (Å²) in [7, 11) is 0. The van der Waals surface area contributed by atoms with Crippen LogP contribution in [-0.4, -0.2) is 31.2 Å². The first-order valence-electron chi connectivity index (χ1n) is 7.16. The molecule has 3 nitrogen and oxygen atoms in total. The Hall–Kier alpha value is -1.37. The van der Waals surface area contributed by atoms with E-state index in [-0.39, 0.29) is 28.5 Å². The Labute approximate surface area is 131 Å². The van der Waals surface area contributed by atoms with Gasteiger partial charge in [-0.1, -0.05) is 6.07 Å². The molecule has 0 radical (unpaired) electrons. The normalized spacial score (nSPS) is 16.6. The van der Waals surface area contributed by atoms with E-state index in [4.69, 9.17) is 4.74 Å². The summed E-state index contributed by atoms with van der Waals surface area (Å²) in [4.78, 5) is 13.9. The largest absolute Gasteiger partial charge is 0.466 e. The molecule has 0 atom stereocenters. The quantitative estimate of drug-likeness (QED) is 0.613. The predicted octanol–water partition coefficient (Wildman–Crippen LogP) is 4.08. The van der Waals surface area contributed by atoms with Gasteiger partial charge in [0.15, 0.2) is 0 Å². The van der Waals surface area contributed by atoms with Crippen LogP contribution in [0.1, 0.15) is 19.8 Å². The SMILES string of the molecule is CCOC(=O)C1CCN(c2cccc(SC(F)(F)F)c2)CC1. The Balaban J connectivity index is 1.96. The Morgan fingerprint density at radius 3 is 2.64 bits per heavy atom. The van der Waals surface area contributed by atoms with Gasteiger partial charge in [0.2, 0.25) is 0 Å². The number of hydrogen-bond donors (Lipinski definition) is 0. The highest BCUT2D eigenvalue weighted by Gasteiger charge is 2.30. The third kappa shape index (κ3) is 4.83. The van der Waals surface area contributed by atoms with Gasteiger partial charge >= 0.3 is 11.5 Å². The van der Waals surface area contributed by atoms with Gasteiger partial charge in [-0.3, -0.25) is 4.79 Å². The van der Waals surface area contributed by atoms with E-state index in [9.17, 15) is 18.0 Å². The van der Waals surface area contributed by atoms with E-state index in [0.29, 0.717) is 32.5 Å². The molecule has 1 aliphatic rings. The average Bonchev–Trinajstić information content (AvgIpc) is 2.46. The van der Waals surface area contributed by atoms with Gasteiger partial charge in [-0.15, -0.1) is 0 Å². The van der Waals surface area contributed by atoms with Crippen molar-refractivity contribution in [1.29, 1.82) is 0 Å². The third-order valence-corrected chi connectivity index (χ3v) is 4.25. The van der Waals surface area contributed by atoms with E-state index >= 15 is 0 Å². The van der Waals surface area contributed by atoms with E-state index in [2.05, 4.69) is 0 Å². The number of carbonyl (C=O) groups is 1. The Kier molecular flexibility index (Phi) is 5.61. The van der Waals surface area contributed by atoms with Crippen molar-refractivity contribution in [1.82, 2.24) is 0 Å². The molecular formula is C15H18F3NO2S. The van der Waals surface area contributed by atoms with Crippen LogP contribution in [0.4, 0.5) is 18.9 Å². The number of halogens is 3. The molecule has 1 fully saturated rings. The second kappa shape index (κ2) is 7.26. The van der Waals surface area contributed by atoms with Gasteiger partial charge < -0.3 is 9.64 Å². The second-order valence-electron chi connectivity index (χ2n) is 5.06. The summed E-state index contributed by atoms with van der Waals surface area (Å²) < 4.78 is 42.3. The molecule has 1 heterocycles. The molecule has 1 aromatic carbocycles. The summed E-state index contributed by atoms with van der Waals surface area (Å²) in [6.07, 6.45) is 1.32. The molecule has 1 aromatic rings. The number of rotatable bonds is 4. The topological polar surface area (TPSA) is 29.5 Å². The van der Waals surface area contributed by atoms with Gasteiger partial charge in [0, 0.05) is 23.7 Å². The zero-order chi connectivity index (χ0) is 16.2. The van der Waals surface area contributed by atoms with Crippen LogP contribution in [0.2, 0.25) is 0 Å². The smallest absolute Gasteiger partial charge is 0.446 e. The molecule has 0 saturated carbocycles. The lowest BCUT2D eigenvalue weighted by atomic mass is 9.96. The van der Waals surface area contributed by atoms with Crippen molar-refractivity contribution in [2.75, 3.05) is 24.6 Å². The molecule has 122 valence electrons. The molecule has 2 rings (SSSR count). The van der Waals surface area contributed by atoms with Gasteiger partial charge in [-0.2, -0.15) is 13.2 Å². The molecule has 0 bridgehead atoms. The summed E-state index contributed by atoms with van der Waals surface area (Å²) in [5.41, 5.74) is -3.52. The summed E-state index contributed by atoms with van der Waals surface area (Å²) >= 11 is -0.110. The minimum atomic E-state index is -4.28. The molecular weight excluding hydrogens is 315 g/mol. The van der Waals surface area contributed by atoms with Crippen LogP contribution in [0, 0.1) is 5.92 Å². The zero-order valence-corrected chi connectivity index (χ0v) is 13.0. The number of ether oxygens (including phenoxy) is 1. The van der Waals surface area contributed by atoms with Gasteiger partial charge in [-0.05, 0) is 49.7 Å². The van der Waals surface area contributed by atoms with Crippen LogP contribution in [0.5, 0.6) is 0 Å². The zero-order valence-electron chi connectivity index (χ0n) is 12.2. The number of anilines is 1. The van der Waals surface area contributed by atoms with Crippen LogP contribution in [-0.2, 0) is 9.53 Å². The lowest BCUT2D eigenvalue weighted by Crippen LogP contribution is -2.36. The Morgan fingerprint density at radius 1 is 1.36 bits per heavy atom. The van der Waals surface area contributed by atoms with Gasteiger partial charge in [-0.25, -0.2) is 0 Å². The number of benzene rings is 1. The molecule has 0 N–H and O–H groups in total. The first-order chi connectivity index (χ1) is 10.4. The van der Waals surface area contributed by atoms with Crippen molar-refractivity contribution >= 4 is 23.4 Å². The number of nitrogens with zero attached hydrogens (tertiary/aromatic N) is 1. The summed E-state index contributed by atoms with van der Waals surface area (Å²) in [5.74, 6) is -0.285. The molecule has 0 unspecified atom stereocenters. The molecule has 1 aliphatic heterocycles. The highest BCUT2D eigenvalue weighted by atomic mass is 32.2. The van der Waals surface area contributed by atoms with Crippen molar-refractivity contribution in [2.45, 2.75) is 30.2 Å². The fourth-order valence-electron chi connectivity index (χ4n) is 2.51. The van der Waals surface area contributed by atoms with Crippen molar-refractivity contribution < 1.29 is 22.7 Å². The molecule has 22 heavy (non-hydrogen) atoms. The van der Waals surface area contributed by atoms with Gasteiger partial charge in [0.25, 0.3) is 0 Å². The molecule has 0 amide bonds. The number of alkyl halides is 3. The van der Waals surface area contributed by atoms with Crippen LogP contribution < -0.4 is 4.90 Å². The first-order valence-corrected chi connectivity index (χ1v) is 7.98. The van der Waals surface area contributed by atoms with Gasteiger partial charge in [0.05, 0.1) is 12.5 Å². The number of carbonyl (C=O) groups excluding carboxylic acids is 1. The highest BCUT2D eigenvalue weighted by molar-refractivity contribution is 8.00. The summed E-state index contributed by atoms with van der Waals surface area (Å²) in [5, 5.41) is 0. The molecule has 7 heteroatoms. The maximum absolute atomic E-state index is 12.4. The number of esters is 1. The van der Waals surface area contributed by atoms with Crippen LogP contribution >= 0.6 is 11.8 Å². The van der Waals surface area contributed by atoms with Crippen molar-refractivity contribution in [3.8, 4) is 0 Å². The molecule has 1 saturated heterocycles. The van der Waals surface area contributed by atoms with E-state index in [1.54, 1.807) is 25.1 Å². The first kappa shape index (κ1) is 17.0. The average molecular weight is 333 g/mol. The van der Waals surface area contributed by atoms with Crippen LogP contribution in [0.25, 0.3) is 0 Å². The van der Waals surface area contributed by atoms with E-state index in [1.165, 1.54) is 6.07 Å². The van der Waals surface area contributed by atoms with Crippen LogP contribution in [0.3, 0.4) is 0 Å². The summed E-state index contributed by atoms with van der Waals surface area (Å²) in [6.45, 7) is 3.43. The minimum absolute atomic E-state index is 0.107. The number of hydrogen-bond acceptors (Lipinski definition) is 4. The predicted molar refractivity (Wildman–Crippen MR) is 79.9 cm³/mol. The van der Waals surface area contributed by atoms with Crippen LogP contribution in [0.15, 0.2) is 29.2 Å². The molecule has 0 spiro atoms. The lowest BCUT2D eigenvalue weighted by Gasteiger charge is -2.32. The molecule has 0 aromatic heterocycles. The van der Waals surface area contributed by atoms with Crippen molar-refractivity contribution in [3.05, 3.63) is 24.3 Å². The van der Waals surface area contributed by atoms with Crippen molar-refractivity contribution in [3.63, 3.8) is 0 Å². The van der Waals surface area contributed by atoms with E-state index in [0.717, 1.165) is 5.69 Å². The number of thioether (sulfide) groups is 1. The van der Waals surface area contributed by atoms with Gasteiger partial charge in [0.1, 0.15) is 0 Å². The molecule has 0 aliphatic carbocycles. The number of piperidine rings is 1. The lowest BCUT2D eigenvalue weighted by molar-refractivity contribution is -0.148.